The fourth-order valence-electron chi connectivity index (χ4n) is 1.08. The van der Waals surface area contributed by atoms with E-state index in [-0.39, 0.29) is 5.91 Å². The van der Waals surface area contributed by atoms with Gasteiger partial charge in [-0.15, -0.1) is 0 Å². The summed E-state index contributed by atoms with van der Waals surface area (Å²) in [6.07, 6.45) is 3.88. The summed E-state index contributed by atoms with van der Waals surface area (Å²) in [6.45, 7) is 2.38. The highest BCUT2D eigenvalue weighted by Crippen LogP contribution is 2.18. The lowest BCUT2D eigenvalue weighted by atomic mass is 10.3. The fraction of sp³-hybridized carbons (Fsp3) is 0.889. The van der Waals surface area contributed by atoms with Gasteiger partial charge in [0.2, 0.25) is 5.91 Å². The van der Waals surface area contributed by atoms with Gasteiger partial charge in [-0.3, -0.25) is 4.79 Å². The van der Waals surface area contributed by atoms with Gasteiger partial charge in [0.1, 0.15) is 0 Å². The lowest BCUT2D eigenvalue weighted by molar-refractivity contribution is -0.121. The minimum atomic E-state index is 0.169. The molecule has 0 aromatic rings. The summed E-state index contributed by atoms with van der Waals surface area (Å²) in [5.74, 6) is 0.169. The van der Waals surface area contributed by atoms with E-state index in [1.807, 2.05) is 0 Å². The standard InChI is InChI=1S/C9H19N3O/c10-5-1-6-11-7-4-9(13)12-8-2-3-8/h8,11H,1-7,10H2,(H,12,13). The van der Waals surface area contributed by atoms with Gasteiger partial charge in [-0.05, 0) is 32.4 Å². The highest BCUT2D eigenvalue weighted by Gasteiger charge is 2.22. The van der Waals surface area contributed by atoms with E-state index in [1.165, 1.54) is 0 Å². The Balaban J connectivity index is 1.83. The number of hydrogen-bond donors (Lipinski definition) is 3. The molecule has 0 saturated heterocycles. The summed E-state index contributed by atoms with van der Waals surface area (Å²) in [4.78, 5) is 11.2. The largest absolute Gasteiger partial charge is 0.353 e. The summed E-state index contributed by atoms with van der Waals surface area (Å²) in [5.41, 5.74) is 5.33. The van der Waals surface area contributed by atoms with Crippen LogP contribution in [0.25, 0.3) is 0 Å². The van der Waals surface area contributed by atoms with Crippen LogP contribution < -0.4 is 16.4 Å². The highest BCUT2D eigenvalue weighted by molar-refractivity contribution is 5.76. The van der Waals surface area contributed by atoms with Gasteiger partial charge in [0.05, 0.1) is 0 Å². The summed E-state index contributed by atoms with van der Waals surface area (Å²) in [7, 11) is 0. The van der Waals surface area contributed by atoms with Crippen LogP contribution in [0, 0.1) is 0 Å². The summed E-state index contributed by atoms with van der Waals surface area (Å²) in [5, 5.41) is 6.11. The van der Waals surface area contributed by atoms with Crippen LogP contribution in [0.5, 0.6) is 0 Å². The van der Waals surface area contributed by atoms with Crippen LogP contribution in [0.1, 0.15) is 25.7 Å². The Kier molecular flexibility index (Phi) is 4.78. The maximum Gasteiger partial charge on any atom is 0.221 e. The molecule has 13 heavy (non-hydrogen) atoms. The van der Waals surface area contributed by atoms with Crippen LogP contribution in [0.3, 0.4) is 0 Å². The second-order valence-corrected chi connectivity index (χ2v) is 3.48. The molecule has 4 nitrogen and oxygen atoms in total. The number of rotatable bonds is 7. The third-order valence-electron chi connectivity index (χ3n) is 2.03. The van der Waals surface area contributed by atoms with E-state index >= 15 is 0 Å². The maximum atomic E-state index is 11.2. The number of hydrogen-bond acceptors (Lipinski definition) is 3. The normalized spacial score (nSPS) is 15.8. The molecule has 0 atom stereocenters. The second kappa shape index (κ2) is 5.94. The van der Waals surface area contributed by atoms with E-state index in [0.29, 0.717) is 19.0 Å². The van der Waals surface area contributed by atoms with Crippen molar-refractivity contribution in [1.82, 2.24) is 10.6 Å². The number of carbonyl (C=O) groups is 1. The molecule has 0 aliphatic heterocycles. The fourth-order valence-corrected chi connectivity index (χ4v) is 1.08. The second-order valence-electron chi connectivity index (χ2n) is 3.48. The molecule has 4 heteroatoms. The smallest absolute Gasteiger partial charge is 0.221 e. The van der Waals surface area contributed by atoms with Gasteiger partial charge in [-0.2, -0.15) is 0 Å². The molecule has 0 heterocycles. The van der Waals surface area contributed by atoms with Gasteiger partial charge in [0, 0.05) is 19.0 Å². The summed E-state index contributed by atoms with van der Waals surface area (Å²) >= 11 is 0. The zero-order valence-corrected chi connectivity index (χ0v) is 8.01. The molecule has 0 bridgehead atoms. The first-order valence-corrected chi connectivity index (χ1v) is 5.03. The molecule has 0 unspecified atom stereocenters. The number of nitrogens with one attached hydrogen (secondary N) is 2. The minimum absolute atomic E-state index is 0.169. The average Bonchev–Trinajstić information content (AvgIpc) is 2.88. The van der Waals surface area contributed by atoms with E-state index in [0.717, 1.165) is 32.4 Å². The van der Waals surface area contributed by atoms with Crippen molar-refractivity contribution < 1.29 is 4.79 Å². The third-order valence-corrected chi connectivity index (χ3v) is 2.03. The first kappa shape index (κ1) is 10.5. The van der Waals surface area contributed by atoms with E-state index in [1.54, 1.807) is 0 Å². The average molecular weight is 185 g/mol. The van der Waals surface area contributed by atoms with Crippen molar-refractivity contribution in [2.75, 3.05) is 19.6 Å². The molecular weight excluding hydrogens is 166 g/mol. The minimum Gasteiger partial charge on any atom is -0.353 e. The molecule has 76 valence electrons. The first-order valence-electron chi connectivity index (χ1n) is 5.03. The predicted molar refractivity (Wildman–Crippen MR) is 52.3 cm³/mol. The molecule has 4 N–H and O–H groups in total. The number of carbonyl (C=O) groups excluding carboxylic acids is 1. The van der Waals surface area contributed by atoms with Crippen LogP contribution >= 0.6 is 0 Å². The van der Waals surface area contributed by atoms with Crippen molar-refractivity contribution >= 4 is 5.91 Å². The Morgan fingerprint density at radius 1 is 1.38 bits per heavy atom. The van der Waals surface area contributed by atoms with E-state index in [4.69, 9.17) is 5.73 Å². The SMILES string of the molecule is NCCCNCCC(=O)NC1CC1. The molecule has 1 aliphatic carbocycles. The maximum absolute atomic E-state index is 11.2. The molecule has 0 radical (unpaired) electrons. The van der Waals surface area contributed by atoms with Crippen molar-refractivity contribution in [1.29, 1.82) is 0 Å². The van der Waals surface area contributed by atoms with Gasteiger partial charge in [-0.1, -0.05) is 0 Å². The molecule has 1 saturated carbocycles. The quantitative estimate of drug-likeness (QED) is 0.472. The monoisotopic (exact) mass is 185 g/mol. The molecule has 0 spiro atoms. The molecule has 1 amide bonds. The number of amides is 1. The van der Waals surface area contributed by atoms with Crippen molar-refractivity contribution in [2.24, 2.45) is 5.73 Å². The van der Waals surface area contributed by atoms with Crippen molar-refractivity contribution in [3.05, 3.63) is 0 Å². The Morgan fingerprint density at radius 2 is 2.15 bits per heavy atom. The van der Waals surface area contributed by atoms with E-state index in [2.05, 4.69) is 10.6 Å². The lowest BCUT2D eigenvalue weighted by Crippen LogP contribution is -2.29. The molecule has 0 aromatic carbocycles. The zero-order valence-electron chi connectivity index (χ0n) is 8.01. The van der Waals surface area contributed by atoms with Crippen LogP contribution in [-0.4, -0.2) is 31.6 Å². The Hall–Kier alpha value is -0.610. The van der Waals surface area contributed by atoms with E-state index in [9.17, 15) is 4.79 Å². The van der Waals surface area contributed by atoms with Gasteiger partial charge < -0.3 is 16.4 Å². The highest BCUT2D eigenvalue weighted by atomic mass is 16.1. The molecular formula is C9H19N3O. The van der Waals surface area contributed by atoms with Gasteiger partial charge in [0.15, 0.2) is 0 Å². The zero-order chi connectivity index (χ0) is 9.52. The van der Waals surface area contributed by atoms with E-state index < -0.39 is 0 Å². The third kappa shape index (κ3) is 5.60. The predicted octanol–water partition coefficient (Wildman–Crippen LogP) is -0.406. The van der Waals surface area contributed by atoms with Crippen LogP contribution in [0.4, 0.5) is 0 Å². The summed E-state index contributed by atoms with van der Waals surface area (Å²) in [6, 6.07) is 0.483. The van der Waals surface area contributed by atoms with Crippen molar-refractivity contribution in [3.63, 3.8) is 0 Å². The molecule has 0 aromatic heterocycles. The van der Waals surface area contributed by atoms with Crippen molar-refractivity contribution in [2.45, 2.75) is 31.7 Å². The van der Waals surface area contributed by atoms with Gasteiger partial charge in [-0.25, -0.2) is 0 Å². The Morgan fingerprint density at radius 3 is 2.77 bits per heavy atom. The van der Waals surface area contributed by atoms with Crippen molar-refractivity contribution in [3.8, 4) is 0 Å². The van der Waals surface area contributed by atoms with Crippen LogP contribution in [0.15, 0.2) is 0 Å². The molecule has 1 fully saturated rings. The Labute approximate surface area is 79.3 Å². The molecule has 1 aliphatic rings. The topological polar surface area (TPSA) is 67.1 Å². The number of nitrogens with two attached hydrogens (primary N) is 1. The van der Waals surface area contributed by atoms with Crippen LogP contribution in [0.2, 0.25) is 0 Å². The Bertz CT molecular complexity index is 157. The summed E-state index contributed by atoms with van der Waals surface area (Å²) < 4.78 is 0. The van der Waals surface area contributed by atoms with Gasteiger partial charge in [0.25, 0.3) is 0 Å². The van der Waals surface area contributed by atoms with Crippen LogP contribution in [-0.2, 0) is 4.79 Å². The van der Waals surface area contributed by atoms with Gasteiger partial charge >= 0.3 is 0 Å². The first-order chi connectivity index (χ1) is 6.33. The lowest BCUT2D eigenvalue weighted by Gasteiger charge is -2.04. The molecule has 1 rings (SSSR count).